The average Bonchev–Trinajstić information content (AvgIpc) is 3.09. The summed E-state index contributed by atoms with van der Waals surface area (Å²) in [5.74, 6) is 0.123. The SMILES string of the molecule is CCOC(=O)c1c(C)[nH]c(C(=O)NCC(c2ccc(OC)cc2)N2CCOCC2)c1C. The molecule has 0 aliphatic carbocycles. The zero-order chi connectivity index (χ0) is 22.4. The number of methoxy groups -OCH3 is 1. The molecule has 1 unspecified atom stereocenters. The zero-order valence-corrected chi connectivity index (χ0v) is 18.6. The molecule has 168 valence electrons. The Morgan fingerprint density at radius 2 is 1.87 bits per heavy atom. The van der Waals surface area contributed by atoms with Crippen molar-refractivity contribution in [3.8, 4) is 5.75 Å². The number of carbonyl (C=O) groups excluding carboxylic acids is 2. The lowest BCUT2D eigenvalue weighted by molar-refractivity contribution is 0.0162. The lowest BCUT2D eigenvalue weighted by Crippen LogP contribution is -2.44. The molecule has 1 atom stereocenters. The van der Waals surface area contributed by atoms with Gasteiger partial charge in [-0.25, -0.2) is 4.79 Å². The summed E-state index contributed by atoms with van der Waals surface area (Å²) >= 11 is 0. The van der Waals surface area contributed by atoms with Gasteiger partial charge in [-0.3, -0.25) is 9.69 Å². The summed E-state index contributed by atoms with van der Waals surface area (Å²) in [4.78, 5) is 30.6. The molecule has 1 aromatic heterocycles. The van der Waals surface area contributed by atoms with Crippen LogP contribution in [0.5, 0.6) is 5.75 Å². The third-order valence-electron chi connectivity index (χ3n) is 5.59. The van der Waals surface area contributed by atoms with Crippen LogP contribution in [0.1, 0.15) is 50.6 Å². The number of benzene rings is 1. The van der Waals surface area contributed by atoms with E-state index >= 15 is 0 Å². The Hall–Kier alpha value is -2.84. The monoisotopic (exact) mass is 429 g/mol. The van der Waals surface area contributed by atoms with Crippen molar-refractivity contribution in [3.63, 3.8) is 0 Å². The van der Waals surface area contributed by atoms with E-state index in [-0.39, 0.29) is 18.6 Å². The molecule has 1 fully saturated rings. The van der Waals surface area contributed by atoms with Crippen LogP contribution in [0.3, 0.4) is 0 Å². The van der Waals surface area contributed by atoms with Gasteiger partial charge in [-0.05, 0) is 44.0 Å². The van der Waals surface area contributed by atoms with E-state index in [1.807, 2.05) is 24.3 Å². The maximum atomic E-state index is 13.0. The van der Waals surface area contributed by atoms with Crippen LogP contribution < -0.4 is 10.1 Å². The summed E-state index contributed by atoms with van der Waals surface area (Å²) in [7, 11) is 1.64. The van der Waals surface area contributed by atoms with E-state index in [0.29, 0.717) is 42.3 Å². The minimum atomic E-state index is -0.419. The van der Waals surface area contributed by atoms with Gasteiger partial charge in [0, 0.05) is 25.3 Å². The topological polar surface area (TPSA) is 92.9 Å². The van der Waals surface area contributed by atoms with Gasteiger partial charge in [-0.1, -0.05) is 12.1 Å². The predicted octanol–water partition coefficient (Wildman–Crippen LogP) is 2.62. The lowest BCUT2D eigenvalue weighted by Gasteiger charge is -2.35. The molecule has 0 saturated carbocycles. The molecule has 8 heteroatoms. The number of carbonyl (C=O) groups is 2. The fraction of sp³-hybridized carbons (Fsp3) is 0.478. The van der Waals surface area contributed by atoms with Crippen molar-refractivity contribution in [2.75, 3.05) is 46.6 Å². The lowest BCUT2D eigenvalue weighted by atomic mass is 10.0. The fourth-order valence-electron chi connectivity index (χ4n) is 3.94. The molecule has 3 rings (SSSR count). The van der Waals surface area contributed by atoms with E-state index in [9.17, 15) is 9.59 Å². The maximum Gasteiger partial charge on any atom is 0.340 e. The van der Waals surface area contributed by atoms with Gasteiger partial charge >= 0.3 is 5.97 Å². The van der Waals surface area contributed by atoms with Crippen molar-refractivity contribution in [1.29, 1.82) is 0 Å². The third kappa shape index (κ3) is 5.26. The molecule has 0 bridgehead atoms. The molecule has 1 saturated heterocycles. The number of hydrogen-bond acceptors (Lipinski definition) is 6. The minimum absolute atomic E-state index is 0.000325. The number of aryl methyl sites for hydroxylation is 1. The summed E-state index contributed by atoms with van der Waals surface area (Å²) < 4.78 is 15.9. The first kappa shape index (κ1) is 22.8. The number of esters is 1. The molecule has 1 amide bonds. The minimum Gasteiger partial charge on any atom is -0.497 e. The number of nitrogens with zero attached hydrogens (tertiary/aromatic N) is 1. The highest BCUT2D eigenvalue weighted by Crippen LogP contribution is 2.24. The Kier molecular flexibility index (Phi) is 7.70. The van der Waals surface area contributed by atoms with Crippen molar-refractivity contribution < 1.29 is 23.8 Å². The molecule has 0 radical (unpaired) electrons. The summed E-state index contributed by atoms with van der Waals surface area (Å²) in [6.45, 7) is 8.91. The number of H-pyrrole nitrogens is 1. The largest absolute Gasteiger partial charge is 0.497 e. The Labute approximate surface area is 182 Å². The van der Waals surface area contributed by atoms with Gasteiger partial charge in [-0.2, -0.15) is 0 Å². The summed E-state index contributed by atoms with van der Waals surface area (Å²) in [6.07, 6.45) is 0. The molecule has 8 nitrogen and oxygen atoms in total. The number of amides is 1. The Morgan fingerprint density at radius 3 is 2.48 bits per heavy atom. The first-order valence-electron chi connectivity index (χ1n) is 10.6. The number of aromatic amines is 1. The number of ether oxygens (including phenoxy) is 3. The summed E-state index contributed by atoms with van der Waals surface area (Å²) in [5, 5.41) is 3.04. The van der Waals surface area contributed by atoms with Crippen molar-refractivity contribution >= 4 is 11.9 Å². The van der Waals surface area contributed by atoms with Crippen LogP contribution >= 0.6 is 0 Å². The van der Waals surface area contributed by atoms with E-state index in [0.717, 1.165) is 24.4 Å². The first-order valence-corrected chi connectivity index (χ1v) is 10.6. The number of morpholine rings is 1. The molecule has 0 spiro atoms. The molecule has 2 N–H and O–H groups in total. The molecule has 2 heterocycles. The van der Waals surface area contributed by atoms with E-state index in [1.165, 1.54) is 0 Å². The van der Waals surface area contributed by atoms with E-state index in [4.69, 9.17) is 14.2 Å². The number of hydrogen-bond donors (Lipinski definition) is 2. The van der Waals surface area contributed by atoms with Gasteiger partial charge in [0.1, 0.15) is 11.4 Å². The van der Waals surface area contributed by atoms with Gasteiger partial charge in [0.2, 0.25) is 0 Å². The highest BCUT2D eigenvalue weighted by Gasteiger charge is 2.26. The normalized spacial score (nSPS) is 15.4. The van der Waals surface area contributed by atoms with Crippen LogP contribution in [0, 0.1) is 13.8 Å². The zero-order valence-electron chi connectivity index (χ0n) is 18.6. The molecule has 2 aromatic rings. The quantitative estimate of drug-likeness (QED) is 0.627. The second kappa shape index (κ2) is 10.5. The maximum absolute atomic E-state index is 13.0. The molecule has 31 heavy (non-hydrogen) atoms. The van der Waals surface area contributed by atoms with Crippen molar-refractivity contribution in [2.45, 2.75) is 26.8 Å². The van der Waals surface area contributed by atoms with Crippen LogP contribution in [0.2, 0.25) is 0 Å². The Balaban J connectivity index is 1.77. The third-order valence-corrected chi connectivity index (χ3v) is 5.59. The van der Waals surface area contributed by atoms with Crippen LogP contribution in [0.25, 0.3) is 0 Å². The Bertz CT molecular complexity index is 901. The van der Waals surface area contributed by atoms with Gasteiger partial charge in [0.25, 0.3) is 5.91 Å². The molecular weight excluding hydrogens is 398 g/mol. The van der Waals surface area contributed by atoms with Crippen LogP contribution in [-0.4, -0.2) is 68.3 Å². The highest BCUT2D eigenvalue weighted by molar-refractivity contribution is 6.00. The molecule has 1 aromatic carbocycles. The average molecular weight is 430 g/mol. The number of aromatic nitrogens is 1. The summed E-state index contributed by atoms with van der Waals surface area (Å²) in [5.41, 5.74) is 3.12. The first-order chi connectivity index (χ1) is 15.0. The number of nitrogens with one attached hydrogen (secondary N) is 2. The summed E-state index contributed by atoms with van der Waals surface area (Å²) in [6, 6.07) is 7.89. The fourth-order valence-corrected chi connectivity index (χ4v) is 3.94. The van der Waals surface area contributed by atoms with Crippen LogP contribution in [0.4, 0.5) is 0 Å². The van der Waals surface area contributed by atoms with Crippen molar-refractivity contribution in [2.24, 2.45) is 0 Å². The van der Waals surface area contributed by atoms with E-state index in [2.05, 4.69) is 15.2 Å². The van der Waals surface area contributed by atoms with E-state index < -0.39 is 5.97 Å². The predicted molar refractivity (Wildman–Crippen MR) is 117 cm³/mol. The standard InChI is InChI=1S/C23H31N3O5/c1-5-31-23(28)20-15(2)21(25-16(20)3)22(27)24-14-19(26-10-12-30-13-11-26)17-6-8-18(29-4)9-7-17/h6-9,19,25H,5,10-14H2,1-4H3,(H,24,27). The molecule has 1 aliphatic rings. The van der Waals surface area contributed by atoms with Crippen LogP contribution in [-0.2, 0) is 9.47 Å². The van der Waals surface area contributed by atoms with E-state index in [1.54, 1.807) is 27.9 Å². The smallest absolute Gasteiger partial charge is 0.340 e. The van der Waals surface area contributed by atoms with Gasteiger partial charge in [-0.15, -0.1) is 0 Å². The van der Waals surface area contributed by atoms with Crippen molar-refractivity contribution in [1.82, 2.24) is 15.2 Å². The second-order valence-corrected chi connectivity index (χ2v) is 7.49. The van der Waals surface area contributed by atoms with Gasteiger partial charge < -0.3 is 24.5 Å². The highest BCUT2D eigenvalue weighted by atomic mass is 16.5. The molecular formula is C23H31N3O5. The van der Waals surface area contributed by atoms with Gasteiger partial charge in [0.15, 0.2) is 0 Å². The second-order valence-electron chi connectivity index (χ2n) is 7.49. The number of rotatable bonds is 8. The molecule has 1 aliphatic heterocycles. The van der Waals surface area contributed by atoms with Crippen LogP contribution in [0.15, 0.2) is 24.3 Å². The Morgan fingerprint density at radius 1 is 1.19 bits per heavy atom. The van der Waals surface area contributed by atoms with Gasteiger partial charge in [0.05, 0.1) is 38.5 Å². The van der Waals surface area contributed by atoms with Crippen molar-refractivity contribution in [3.05, 3.63) is 52.3 Å².